The second-order valence-electron chi connectivity index (χ2n) is 3.86. The van der Waals surface area contributed by atoms with Gasteiger partial charge in [-0.05, 0) is 18.6 Å². The Kier molecular flexibility index (Phi) is 4.83. The summed E-state index contributed by atoms with van der Waals surface area (Å²) in [6, 6.07) is 6.05. The molecule has 100 valence electrons. The molecule has 0 aliphatic carbocycles. The van der Waals surface area contributed by atoms with Gasteiger partial charge in [0.25, 0.3) is 0 Å². The molecule has 0 bridgehead atoms. The van der Waals surface area contributed by atoms with Crippen molar-refractivity contribution in [3.63, 3.8) is 0 Å². The van der Waals surface area contributed by atoms with E-state index in [0.717, 1.165) is 0 Å². The molecule has 0 spiro atoms. The first-order valence-electron chi connectivity index (χ1n) is 5.65. The lowest BCUT2D eigenvalue weighted by Crippen LogP contribution is -2.31. The smallest absolute Gasteiger partial charge is 0.323 e. The van der Waals surface area contributed by atoms with E-state index in [1.807, 2.05) is 6.92 Å². The highest BCUT2D eigenvalue weighted by atomic mass is 16.6. The van der Waals surface area contributed by atoms with Crippen molar-refractivity contribution in [2.45, 2.75) is 13.3 Å². The highest BCUT2D eigenvalue weighted by molar-refractivity contribution is 5.77. The standard InChI is InChI=1S/C12H13N3O4/c1-2-6-14(8-11(16)17)10-5-3-4-9(7-13)12(10)15(18)19/h3-5H,2,6,8H2,1H3,(H,16,17). The van der Waals surface area contributed by atoms with Crippen molar-refractivity contribution in [3.8, 4) is 6.07 Å². The first kappa shape index (κ1) is 14.4. The van der Waals surface area contributed by atoms with Gasteiger partial charge in [0.05, 0.1) is 4.92 Å². The first-order valence-corrected chi connectivity index (χ1v) is 5.65. The predicted molar refractivity (Wildman–Crippen MR) is 68.0 cm³/mol. The van der Waals surface area contributed by atoms with E-state index in [1.54, 1.807) is 6.07 Å². The number of nitro benzene ring substituents is 1. The Bertz CT molecular complexity index is 536. The van der Waals surface area contributed by atoms with Crippen molar-refractivity contribution in [1.82, 2.24) is 0 Å². The second-order valence-corrected chi connectivity index (χ2v) is 3.86. The summed E-state index contributed by atoms with van der Waals surface area (Å²) in [5.74, 6) is -1.08. The lowest BCUT2D eigenvalue weighted by Gasteiger charge is -2.22. The molecule has 1 rings (SSSR count). The Morgan fingerprint density at radius 2 is 2.26 bits per heavy atom. The van der Waals surface area contributed by atoms with Gasteiger partial charge < -0.3 is 10.0 Å². The molecule has 0 amide bonds. The molecule has 0 fully saturated rings. The number of carboxylic acid groups (broad SMARTS) is 1. The van der Waals surface area contributed by atoms with Gasteiger partial charge in [-0.25, -0.2) is 0 Å². The fraction of sp³-hybridized carbons (Fsp3) is 0.333. The van der Waals surface area contributed by atoms with Crippen LogP contribution in [0.2, 0.25) is 0 Å². The summed E-state index contributed by atoms with van der Waals surface area (Å²) in [5, 5.41) is 28.8. The molecule has 7 nitrogen and oxygen atoms in total. The number of anilines is 1. The van der Waals surface area contributed by atoms with E-state index in [2.05, 4.69) is 0 Å². The van der Waals surface area contributed by atoms with Crippen LogP contribution in [0, 0.1) is 21.4 Å². The highest BCUT2D eigenvalue weighted by Gasteiger charge is 2.24. The molecule has 1 aromatic carbocycles. The third kappa shape index (κ3) is 3.42. The Morgan fingerprint density at radius 3 is 2.74 bits per heavy atom. The summed E-state index contributed by atoms with van der Waals surface area (Å²) < 4.78 is 0. The summed E-state index contributed by atoms with van der Waals surface area (Å²) in [6.07, 6.45) is 0.640. The monoisotopic (exact) mass is 263 g/mol. The third-order valence-corrected chi connectivity index (χ3v) is 2.48. The Hall–Kier alpha value is -2.62. The van der Waals surface area contributed by atoms with Crippen LogP contribution in [0.3, 0.4) is 0 Å². The maximum Gasteiger partial charge on any atom is 0.323 e. The van der Waals surface area contributed by atoms with Crippen LogP contribution in [0.25, 0.3) is 0 Å². The van der Waals surface area contributed by atoms with E-state index in [-0.39, 0.29) is 23.5 Å². The lowest BCUT2D eigenvalue weighted by molar-refractivity contribution is -0.384. The molecule has 0 radical (unpaired) electrons. The van der Waals surface area contributed by atoms with Crippen molar-refractivity contribution in [3.05, 3.63) is 33.9 Å². The summed E-state index contributed by atoms with van der Waals surface area (Å²) in [7, 11) is 0. The molecule has 0 aliphatic heterocycles. The van der Waals surface area contributed by atoms with Crippen molar-refractivity contribution in [2.75, 3.05) is 18.0 Å². The average molecular weight is 263 g/mol. The molecule has 0 aromatic heterocycles. The van der Waals surface area contributed by atoms with Crippen LogP contribution in [0.5, 0.6) is 0 Å². The van der Waals surface area contributed by atoms with Crippen LogP contribution in [-0.4, -0.2) is 29.1 Å². The molecule has 0 saturated heterocycles. The van der Waals surface area contributed by atoms with Crippen LogP contribution < -0.4 is 4.90 Å². The number of aliphatic carboxylic acids is 1. The van der Waals surface area contributed by atoms with Gasteiger partial charge in [0.15, 0.2) is 0 Å². The molecule has 0 atom stereocenters. The topological polar surface area (TPSA) is 107 Å². The molecule has 7 heteroatoms. The number of nitriles is 1. The maximum absolute atomic E-state index is 11.1. The van der Waals surface area contributed by atoms with Crippen molar-refractivity contribution >= 4 is 17.3 Å². The quantitative estimate of drug-likeness (QED) is 0.619. The summed E-state index contributed by atoms with van der Waals surface area (Å²) in [5.41, 5.74) is -0.262. The van der Waals surface area contributed by atoms with E-state index >= 15 is 0 Å². The number of nitrogens with zero attached hydrogens (tertiary/aromatic N) is 3. The number of rotatable bonds is 6. The Balaban J connectivity index is 3.33. The van der Waals surface area contributed by atoms with Gasteiger partial charge in [0, 0.05) is 6.54 Å². The van der Waals surface area contributed by atoms with Crippen LogP contribution in [0.15, 0.2) is 18.2 Å². The van der Waals surface area contributed by atoms with Gasteiger partial charge >= 0.3 is 11.7 Å². The number of hydrogen-bond donors (Lipinski definition) is 1. The van der Waals surface area contributed by atoms with Crippen molar-refractivity contribution in [1.29, 1.82) is 5.26 Å². The van der Waals surface area contributed by atoms with Crippen LogP contribution >= 0.6 is 0 Å². The summed E-state index contributed by atoms with van der Waals surface area (Å²) >= 11 is 0. The van der Waals surface area contributed by atoms with Crippen LogP contribution in [-0.2, 0) is 4.79 Å². The summed E-state index contributed by atoms with van der Waals surface area (Å²) in [6.45, 7) is 1.86. The molecule has 0 saturated carbocycles. The second kappa shape index (κ2) is 6.35. The minimum Gasteiger partial charge on any atom is -0.480 e. The van der Waals surface area contributed by atoms with Gasteiger partial charge in [-0.3, -0.25) is 14.9 Å². The summed E-state index contributed by atoms with van der Waals surface area (Å²) in [4.78, 5) is 22.6. The maximum atomic E-state index is 11.1. The normalized spacial score (nSPS) is 9.68. The zero-order chi connectivity index (χ0) is 14.4. The largest absolute Gasteiger partial charge is 0.480 e. The van der Waals surface area contributed by atoms with Gasteiger partial charge in [0.1, 0.15) is 23.9 Å². The molecule has 19 heavy (non-hydrogen) atoms. The minimum atomic E-state index is -1.08. The number of benzene rings is 1. The van der Waals surface area contributed by atoms with Gasteiger partial charge in [-0.2, -0.15) is 5.26 Å². The van der Waals surface area contributed by atoms with E-state index in [9.17, 15) is 14.9 Å². The van der Waals surface area contributed by atoms with Crippen molar-refractivity contribution in [2.24, 2.45) is 0 Å². The van der Waals surface area contributed by atoms with Crippen LogP contribution in [0.1, 0.15) is 18.9 Å². The lowest BCUT2D eigenvalue weighted by atomic mass is 10.1. The van der Waals surface area contributed by atoms with E-state index in [4.69, 9.17) is 10.4 Å². The molecular formula is C12H13N3O4. The number of carbonyl (C=O) groups is 1. The number of carboxylic acids is 1. The zero-order valence-corrected chi connectivity index (χ0v) is 10.4. The van der Waals surface area contributed by atoms with Gasteiger partial charge in [-0.1, -0.05) is 13.0 Å². The first-order chi connectivity index (χ1) is 9.01. The molecular weight excluding hydrogens is 250 g/mol. The Labute approximate surface area is 109 Å². The number of hydrogen-bond acceptors (Lipinski definition) is 5. The Morgan fingerprint density at radius 1 is 1.58 bits per heavy atom. The molecule has 1 aromatic rings. The van der Waals surface area contributed by atoms with Gasteiger partial charge in [-0.15, -0.1) is 0 Å². The van der Waals surface area contributed by atoms with E-state index in [1.165, 1.54) is 23.1 Å². The van der Waals surface area contributed by atoms with Crippen LogP contribution in [0.4, 0.5) is 11.4 Å². The van der Waals surface area contributed by atoms with Gasteiger partial charge in [0.2, 0.25) is 0 Å². The number of nitro groups is 1. The highest BCUT2D eigenvalue weighted by Crippen LogP contribution is 2.31. The zero-order valence-electron chi connectivity index (χ0n) is 10.4. The SMILES string of the molecule is CCCN(CC(=O)O)c1cccc(C#N)c1[N+](=O)[O-]. The molecule has 0 heterocycles. The van der Waals surface area contributed by atoms with E-state index < -0.39 is 10.9 Å². The third-order valence-electron chi connectivity index (χ3n) is 2.48. The molecule has 1 N–H and O–H groups in total. The molecule has 0 unspecified atom stereocenters. The fourth-order valence-electron chi connectivity index (χ4n) is 1.79. The number of para-hydroxylation sites is 1. The van der Waals surface area contributed by atoms with E-state index in [0.29, 0.717) is 13.0 Å². The fourth-order valence-corrected chi connectivity index (χ4v) is 1.79. The predicted octanol–water partition coefficient (Wildman–Crippen LogP) is 1.77. The van der Waals surface area contributed by atoms with Crippen molar-refractivity contribution < 1.29 is 14.8 Å². The minimum absolute atomic E-state index is 0.0750. The average Bonchev–Trinajstić information content (AvgIpc) is 2.36. The molecule has 0 aliphatic rings.